The van der Waals surface area contributed by atoms with E-state index < -0.39 is 0 Å². The second kappa shape index (κ2) is 8.56. The summed E-state index contributed by atoms with van der Waals surface area (Å²) in [7, 11) is 0. The van der Waals surface area contributed by atoms with Crippen molar-refractivity contribution in [2.75, 3.05) is 0 Å². The predicted molar refractivity (Wildman–Crippen MR) is 125 cm³/mol. The van der Waals surface area contributed by atoms with Gasteiger partial charge in [0.1, 0.15) is 22.6 Å². The van der Waals surface area contributed by atoms with Crippen molar-refractivity contribution in [2.45, 2.75) is 53.6 Å². The maximum atomic E-state index is 9.57. The number of nitrogens with zero attached hydrogens (tertiary/aromatic N) is 5. The fourth-order valence-electron chi connectivity index (χ4n) is 4.26. The van der Waals surface area contributed by atoms with Gasteiger partial charge in [-0.05, 0) is 56.0 Å². The lowest BCUT2D eigenvalue weighted by molar-refractivity contribution is 0.716. The first-order chi connectivity index (χ1) is 15.0. The van der Waals surface area contributed by atoms with Crippen LogP contribution in [0.2, 0.25) is 5.15 Å². The summed E-state index contributed by atoms with van der Waals surface area (Å²) < 4.78 is 4.36. The highest BCUT2D eigenvalue weighted by Gasteiger charge is 2.16. The van der Waals surface area contributed by atoms with Crippen LogP contribution in [0.25, 0.3) is 22.4 Å². The van der Waals surface area contributed by atoms with Gasteiger partial charge in [-0.25, -0.2) is 9.97 Å². The van der Waals surface area contributed by atoms with Crippen LogP contribution in [0.4, 0.5) is 0 Å². The number of nitriles is 1. The molecule has 0 amide bonds. The van der Waals surface area contributed by atoms with Crippen molar-refractivity contribution >= 4 is 22.8 Å². The Balaban J connectivity index is 1.74. The second-order valence-corrected chi connectivity index (χ2v) is 8.29. The first kappa shape index (κ1) is 21.1. The molecule has 0 radical (unpaired) electrons. The molecule has 3 heterocycles. The number of aryl methyl sites for hydroxylation is 3. The maximum absolute atomic E-state index is 9.57. The minimum absolute atomic E-state index is 0.490. The van der Waals surface area contributed by atoms with E-state index in [1.54, 1.807) is 0 Å². The summed E-state index contributed by atoms with van der Waals surface area (Å²) in [5.74, 6) is 1.03. The van der Waals surface area contributed by atoms with Gasteiger partial charge in [-0.15, -0.1) is 0 Å². The molecule has 3 aromatic heterocycles. The van der Waals surface area contributed by atoms with E-state index in [9.17, 15) is 5.26 Å². The van der Waals surface area contributed by atoms with Gasteiger partial charge in [0.15, 0.2) is 5.65 Å². The van der Waals surface area contributed by atoms with Crippen molar-refractivity contribution in [2.24, 2.45) is 0 Å². The van der Waals surface area contributed by atoms with Crippen molar-refractivity contribution in [1.29, 1.82) is 5.26 Å². The molecule has 0 N–H and O–H groups in total. The monoisotopic (exact) mass is 431 g/mol. The average molecular weight is 432 g/mol. The summed E-state index contributed by atoms with van der Waals surface area (Å²) in [6.45, 7) is 9.83. The summed E-state index contributed by atoms with van der Waals surface area (Å²) in [6.07, 6.45) is 1.90. The Hall–Kier alpha value is -3.10. The van der Waals surface area contributed by atoms with Crippen molar-refractivity contribution in [1.82, 2.24) is 19.1 Å². The van der Waals surface area contributed by atoms with Crippen LogP contribution in [0.1, 0.15) is 48.5 Å². The lowest BCUT2D eigenvalue weighted by Gasteiger charge is -2.12. The molecule has 0 atom stereocenters. The van der Waals surface area contributed by atoms with Crippen LogP contribution in [0.15, 0.2) is 36.4 Å². The van der Waals surface area contributed by atoms with Crippen molar-refractivity contribution in [3.05, 3.63) is 69.8 Å². The van der Waals surface area contributed by atoms with Crippen molar-refractivity contribution < 1.29 is 0 Å². The van der Waals surface area contributed by atoms with E-state index in [1.165, 1.54) is 0 Å². The van der Waals surface area contributed by atoms with Gasteiger partial charge in [0, 0.05) is 18.7 Å². The van der Waals surface area contributed by atoms with Gasteiger partial charge in [0.25, 0.3) is 0 Å². The molecule has 0 fully saturated rings. The molecule has 5 nitrogen and oxygen atoms in total. The van der Waals surface area contributed by atoms with E-state index in [0.717, 1.165) is 64.5 Å². The summed E-state index contributed by atoms with van der Waals surface area (Å²) in [5.41, 5.74) is 7.80. The largest absolute Gasteiger partial charge is 0.344 e. The van der Waals surface area contributed by atoms with Gasteiger partial charge in [-0.2, -0.15) is 5.26 Å². The Kier molecular flexibility index (Phi) is 5.84. The normalized spacial score (nSPS) is 11.2. The quantitative estimate of drug-likeness (QED) is 0.348. The molecule has 4 rings (SSSR count). The zero-order valence-electron chi connectivity index (χ0n) is 18.4. The molecule has 0 unspecified atom stereocenters. The molecule has 0 bridgehead atoms. The molecule has 0 saturated carbocycles. The third-order valence-corrected chi connectivity index (χ3v) is 5.92. The van der Waals surface area contributed by atoms with Crippen LogP contribution in [-0.4, -0.2) is 19.1 Å². The average Bonchev–Trinajstić information content (AvgIpc) is 3.26. The Morgan fingerprint density at radius 2 is 1.77 bits per heavy atom. The van der Waals surface area contributed by atoms with Crippen LogP contribution in [0.5, 0.6) is 0 Å². The van der Waals surface area contributed by atoms with Gasteiger partial charge in [-0.3, -0.25) is 0 Å². The highest BCUT2D eigenvalue weighted by atomic mass is 35.5. The predicted octanol–water partition coefficient (Wildman–Crippen LogP) is 6.06. The number of benzene rings is 1. The first-order valence-electron chi connectivity index (χ1n) is 10.7. The fourth-order valence-corrected chi connectivity index (χ4v) is 4.50. The highest BCUT2D eigenvalue weighted by molar-refractivity contribution is 6.29. The molecule has 1 aromatic carbocycles. The molecular weight excluding hydrogens is 406 g/mol. The van der Waals surface area contributed by atoms with Crippen LogP contribution >= 0.6 is 11.6 Å². The molecule has 31 heavy (non-hydrogen) atoms. The lowest BCUT2D eigenvalue weighted by Crippen LogP contribution is -2.06. The third-order valence-electron chi connectivity index (χ3n) is 5.72. The number of aromatic nitrogens is 4. The van der Waals surface area contributed by atoms with E-state index in [-0.39, 0.29) is 0 Å². The van der Waals surface area contributed by atoms with Crippen LogP contribution in [-0.2, 0) is 19.5 Å². The fraction of sp³-hybridized carbons (Fsp3) is 0.320. The molecule has 0 saturated heterocycles. The minimum Gasteiger partial charge on any atom is -0.344 e. The minimum atomic E-state index is 0.490. The lowest BCUT2D eigenvalue weighted by atomic mass is 10.1. The zero-order valence-corrected chi connectivity index (χ0v) is 19.2. The number of pyridine rings is 1. The Bertz CT molecular complexity index is 1290. The van der Waals surface area contributed by atoms with Crippen LogP contribution < -0.4 is 0 Å². The topological polar surface area (TPSA) is 59.4 Å². The number of hydrogen-bond acceptors (Lipinski definition) is 3. The van der Waals surface area contributed by atoms with E-state index in [2.05, 4.69) is 58.3 Å². The molecule has 0 aliphatic carbocycles. The standard InChI is InChI=1S/C25H26ClN5/c1-5-7-22-29-23-16(3)12-21(26)28-25(23)31(22)15-18-8-10-19(11-9-18)24-20(14-27)13-17(4)30(24)6-2/h8-13H,5-7,15H2,1-4H3. The summed E-state index contributed by atoms with van der Waals surface area (Å²) in [6, 6.07) is 14.6. The van der Waals surface area contributed by atoms with Crippen molar-refractivity contribution in [3.63, 3.8) is 0 Å². The molecule has 158 valence electrons. The van der Waals surface area contributed by atoms with Crippen molar-refractivity contribution in [3.8, 4) is 17.3 Å². The van der Waals surface area contributed by atoms with Crippen LogP contribution in [0.3, 0.4) is 0 Å². The maximum Gasteiger partial charge on any atom is 0.162 e. The number of rotatable bonds is 6. The Morgan fingerprint density at radius 1 is 1.03 bits per heavy atom. The van der Waals surface area contributed by atoms with E-state index in [4.69, 9.17) is 16.6 Å². The van der Waals surface area contributed by atoms with Gasteiger partial charge in [0.05, 0.1) is 17.8 Å². The number of halogens is 1. The number of fused-ring (bicyclic) bond motifs is 1. The number of imidazole rings is 1. The zero-order chi connectivity index (χ0) is 22.1. The second-order valence-electron chi connectivity index (χ2n) is 7.90. The summed E-state index contributed by atoms with van der Waals surface area (Å²) in [4.78, 5) is 9.43. The molecule has 6 heteroatoms. The first-order valence-corrected chi connectivity index (χ1v) is 11.1. The Morgan fingerprint density at radius 3 is 2.42 bits per heavy atom. The molecule has 0 aliphatic rings. The molecule has 0 spiro atoms. The summed E-state index contributed by atoms with van der Waals surface area (Å²) in [5, 5.41) is 10.1. The van der Waals surface area contributed by atoms with Gasteiger partial charge >= 0.3 is 0 Å². The van der Waals surface area contributed by atoms with Crippen LogP contribution in [0, 0.1) is 25.2 Å². The van der Waals surface area contributed by atoms with Gasteiger partial charge in [-0.1, -0.05) is 42.8 Å². The third kappa shape index (κ3) is 3.84. The SMILES string of the molecule is CCCc1nc2c(C)cc(Cl)nc2n1Cc1ccc(-c2c(C#N)cc(C)n2CC)cc1. The van der Waals surface area contributed by atoms with Gasteiger partial charge < -0.3 is 9.13 Å². The molecule has 0 aliphatic heterocycles. The van der Waals surface area contributed by atoms with E-state index in [1.807, 2.05) is 26.0 Å². The van der Waals surface area contributed by atoms with Gasteiger partial charge in [0.2, 0.25) is 0 Å². The van der Waals surface area contributed by atoms with E-state index in [0.29, 0.717) is 17.3 Å². The highest BCUT2D eigenvalue weighted by Crippen LogP contribution is 2.28. The molecule has 4 aromatic rings. The smallest absolute Gasteiger partial charge is 0.162 e. The van der Waals surface area contributed by atoms with E-state index >= 15 is 0 Å². The Labute approximate surface area is 187 Å². The number of hydrogen-bond donors (Lipinski definition) is 0. The molecular formula is C25H26ClN5. The summed E-state index contributed by atoms with van der Waals surface area (Å²) >= 11 is 6.25.